The molecule has 2 aromatic rings. The van der Waals surface area contributed by atoms with Crippen LogP contribution >= 0.6 is 11.8 Å². The highest BCUT2D eigenvalue weighted by atomic mass is 32.2. The van der Waals surface area contributed by atoms with Crippen LogP contribution in [0.2, 0.25) is 0 Å². The smallest absolute Gasteiger partial charge is 0.234 e. The van der Waals surface area contributed by atoms with Crippen molar-refractivity contribution in [3.8, 4) is 0 Å². The Morgan fingerprint density at radius 3 is 2.95 bits per heavy atom. The van der Waals surface area contributed by atoms with E-state index < -0.39 is 17.5 Å². The van der Waals surface area contributed by atoms with Gasteiger partial charge in [-0.05, 0) is 12.1 Å². The van der Waals surface area contributed by atoms with Gasteiger partial charge in [-0.15, -0.1) is 10.2 Å². The van der Waals surface area contributed by atoms with Crippen LogP contribution in [-0.2, 0) is 11.8 Å². The average molecular weight is 284 g/mol. The standard InChI is InChI=1S/C11H10F2N4OS/c1-17-6-14-16-11(17)19-5-10(18)15-9-4-7(12)2-3-8(9)13/h2-4,6H,5H2,1H3,(H,15,18). The molecule has 0 saturated carbocycles. The largest absolute Gasteiger partial charge is 0.323 e. The first kappa shape index (κ1) is 13.5. The normalized spacial score (nSPS) is 10.5. The fourth-order valence-electron chi connectivity index (χ4n) is 1.31. The van der Waals surface area contributed by atoms with Crippen LogP contribution in [0.5, 0.6) is 0 Å². The summed E-state index contributed by atoms with van der Waals surface area (Å²) in [6, 6.07) is 2.88. The quantitative estimate of drug-likeness (QED) is 0.870. The number of carbonyl (C=O) groups is 1. The first-order valence-corrected chi connectivity index (χ1v) is 6.26. The van der Waals surface area contributed by atoms with Gasteiger partial charge in [-0.1, -0.05) is 11.8 Å². The lowest BCUT2D eigenvalue weighted by atomic mass is 10.3. The van der Waals surface area contributed by atoms with Gasteiger partial charge in [0.25, 0.3) is 0 Å². The predicted molar refractivity (Wildman–Crippen MR) is 66.7 cm³/mol. The summed E-state index contributed by atoms with van der Waals surface area (Å²) < 4.78 is 27.9. The van der Waals surface area contributed by atoms with Crippen LogP contribution < -0.4 is 5.32 Å². The summed E-state index contributed by atoms with van der Waals surface area (Å²) in [6.07, 6.45) is 1.51. The monoisotopic (exact) mass is 284 g/mol. The Morgan fingerprint density at radius 2 is 2.26 bits per heavy atom. The summed E-state index contributed by atoms with van der Waals surface area (Å²) in [6.45, 7) is 0. The number of hydrogen-bond donors (Lipinski definition) is 1. The maximum Gasteiger partial charge on any atom is 0.234 e. The number of benzene rings is 1. The van der Waals surface area contributed by atoms with Crippen LogP contribution in [-0.4, -0.2) is 26.4 Å². The number of amides is 1. The van der Waals surface area contributed by atoms with E-state index in [2.05, 4.69) is 15.5 Å². The molecule has 0 aliphatic heterocycles. The zero-order valence-corrected chi connectivity index (χ0v) is 10.7. The number of nitrogens with one attached hydrogen (secondary N) is 1. The zero-order chi connectivity index (χ0) is 13.8. The van der Waals surface area contributed by atoms with E-state index in [9.17, 15) is 13.6 Å². The molecule has 100 valence electrons. The molecule has 0 unspecified atom stereocenters. The van der Waals surface area contributed by atoms with Crippen molar-refractivity contribution < 1.29 is 13.6 Å². The molecule has 1 amide bonds. The van der Waals surface area contributed by atoms with Crippen molar-refractivity contribution in [3.05, 3.63) is 36.2 Å². The van der Waals surface area contributed by atoms with Gasteiger partial charge in [-0.25, -0.2) is 8.78 Å². The molecule has 1 N–H and O–H groups in total. The Hall–Kier alpha value is -1.96. The summed E-state index contributed by atoms with van der Waals surface area (Å²) >= 11 is 1.15. The Labute approximate surface area is 112 Å². The molecule has 0 radical (unpaired) electrons. The number of aryl methyl sites for hydroxylation is 1. The molecule has 1 aromatic carbocycles. The molecule has 2 rings (SSSR count). The highest BCUT2D eigenvalue weighted by Crippen LogP contribution is 2.17. The van der Waals surface area contributed by atoms with Gasteiger partial charge in [0.2, 0.25) is 5.91 Å². The number of hydrogen-bond acceptors (Lipinski definition) is 4. The SMILES string of the molecule is Cn1cnnc1SCC(=O)Nc1cc(F)ccc1F. The summed E-state index contributed by atoms with van der Waals surface area (Å²) in [4.78, 5) is 11.6. The number of halogens is 2. The second-order valence-corrected chi connectivity index (χ2v) is 4.63. The molecule has 0 atom stereocenters. The molecule has 0 aliphatic rings. The molecule has 0 spiro atoms. The third kappa shape index (κ3) is 3.50. The molecule has 0 aliphatic carbocycles. The van der Waals surface area contributed by atoms with Gasteiger partial charge in [0.1, 0.15) is 18.0 Å². The highest BCUT2D eigenvalue weighted by molar-refractivity contribution is 7.99. The molecule has 8 heteroatoms. The van der Waals surface area contributed by atoms with Gasteiger partial charge < -0.3 is 9.88 Å². The van der Waals surface area contributed by atoms with Crippen LogP contribution in [0, 0.1) is 11.6 Å². The number of nitrogens with zero attached hydrogens (tertiary/aromatic N) is 3. The van der Waals surface area contributed by atoms with E-state index in [0.29, 0.717) is 5.16 Å². The average Bonchev–Trinajstić information content (AvgIpc) is 2.77. The van der Waals surface area contributed by atoms with Gasteiger partial charge in [0.05, 0.1) is 11.4 Å². The second-order valence-electron chi connectivity index (χ2n) is 3.69. The Morgan fingerprint density at radius 1 is 1.47 bits per heavy atom. The molecule has 5 nitrogen and oxygen atoms in total. The lowest BCUT2D eigenvalue weighted by Crippen LogP contribution is -2.15. The second kappa shape index (κ2) is 5.79. The Bertz CT molecular complexity index is 602. The van der Waals surface area contributed by atoms with Crippen LogP contribution in [0.4, 0.5) is 14.5 Å². The van der Waals surface area contributed by atoms with Gasteiger partial charge in [0.15, 0.2) is 5.16 Å². The maximum absolute atomic E-state index is 13.3. The third-order valence-electron chi connectivity index (χ3n) is 2.20. The van der Waals surface area contributed by atoms with Crippen molar-refractivity contribution >= 4 is 23.4 Å². The van der Waals surface area contributed by atoms with E-state index in [1.807, 2.05) is 0 Å². The number of thioether (sulfide) groups is 1. The topological polar surface area (TPSA) is 59.8 Å². The Kier molecular flexibility index (Phi) is 4.10. The minimum absolute atomic E-state index is 0.0302. The van der Waals surface area contributed by atoms with Gasteiger partial charge in [-0.3, -0.25) is 4.79 Å². The van der Waals surface area contributed by atoms with Crippen LogP contribution in [0.25, 0.3) is 0 Å². The Balaban J connectivity index is 1.94. The molecule has 1 heterocycles. The van der Waals surface area contributed by atoms with E-state index >= 15 is 0 Å². The summed E-state index contributed by atoms with van der Waals surface area (Å²) in [5.74, 6) is -1.71. The van der Waals surface area contributed by atoms with Crippen molar-refractivity contribution in [1.82, 2.24) is 14.8 Å². The molecule has 19 heavy (non-hydrogen) atoms. The first-order chi connectivity index (χ1) is 9.06. The van der Waals surface area contributed by atoms with Crippen LogP contribution in [0.3, 0.4) is 0 Å². The van der Waals surface area contributed by atoms with Crippen LogP contribution in [0.15, 0.2) is 29.7 Å². The number of rotatable bonds is 4. The highest BCUT2D eigenvalue weighted by Gasteiger charge is 2.10. The van der Waals surface area contributed by atoms with Crippen molar-refractivity contribution in [2.45, 2.75) is 5.16 Å². The fraction of sp³-hybridized carbons (Fsp3) is 0.182. The van der Waals surface area contributed by atoms with E-state index in [-0.39, 0.29) is 11.4 Å². The van der Waals surface area contributed by atoms with Crippen molar-refractivity contribution in [2.75, 3.05) is 11.1 Å². The first-order valence-electron chi connectivity index (χ1n) is 5.28. The summed E-state index contributed by atoms with van der Waals surface area (Å²) in [7, 11) is 1.74. The number of carbonyl (C=O) groups excluding carboxylic acids is 1. The maximum atomic E-state index is 13.3. The molecule has 0 fully saturated rings. The number of anilines is 1. The van der Waals surface area contributed by atoms with Gasteiger partial charge in [-0.2, -0.15) is 0 Å². The molecular weight excluding hydrogens is 274 g/mol. The lowest BCUT2D eigenvalue weighted by molar-refractivity contribution is -0.113. The summed E-state index contributed by atoms with van der Waals surface area (Å²) in [5, 5.41) is 10.3. The minimum atomic E-state index is -0.682. The molecule has 0 bridgehead atoms. The van der Waals surface area contributed by atoms with E-state index in [1.165, 1.54) is 6.33 Å². The van der Waals surface area contributed by atoms with Gasteiger partial charge in [0, 0.05) is 13.1 Å². The summed E-state index contributed by atoms with van der Waals surface area (Å²) in [5.41, 5.74) is -0.177. The predicted octanol–water partition coefficient (Wildman–Crippen LogP) is 1.82. The minimum Gasteiger partial charge on any atom is -0.323 e. The third-order valence-corrected chi connectivity index (χ3v) is 3.24. The van der Waals surface area contributed by atoms with Crippen LogP contribution in [0.1, 0.15) is 0 Å². The van der Waals surface area contributed by atoms with Crippen molar-refractivity contribution in [1.29, 1.82) is 0 Å². The fourth-order valence-corrected chi connectivity index (χ4v) is 2.00. The van der Waals surface area contributed by atoms with E-state index in [0.717, 1.165) is 30.0 Å². The zero-order valence-electron chi connectivity index (χ0n) is 9.93. The van der Waals surface area contributed by atoms with E-state index in [1.54, 1.807) is 11.6 Å². The van der Waals surface area contributed by atoms with Crippen molar-refractivity contribution in [3.63, 3.8) is 0 Å². The van der Waals surface area contributed by atoms with E-state index in [4.69, 9.17) is 0 Å². The van der Waals surface area contributed by atoms with Crippen molar-refractivity contribution in [2.24, 2.45) is 7.05 Å². The molecule has 0 saturated heterocycles. The molecule has 1 aromatic heterocycles. The number of aromatic nitrogens is 3. The van der Waals surface area contributed by atoms with Gasteiger partial charge >= 0.3 is 0 Å². The lowest BCUT2D eigenvalue weighted by Gasteiger charge is -2.06. The molecular formula is C11H10F2N4OS.